The van der Waals surface area contributed by atoms with E-state index in [4.69, 9.17) is 0 Å². The number of imidazole rings is 1. The van der Waals surface area contributed by atoms with Gasteiger partial charge in [0.05, 0.1) is 6.33 Å². The predicted molar refractivity (Wildman–Crippen MR) is 104 cm³/mol. The number of aryl methyl sites for hydroxylation is 1. The number of benzene rings is 1. The second-order valence-corrected chi connectivity index (χ2v) is 7.21. The number of aromatic nitrogens is 2. The maximum atomic E-state index is 12.6. The van der Waals surface area contributed by atoms with Gasteiger partial charge in [-0.3, -0.25) is 9.69 Å². The minimum absolute atomic E-state index is 0.286. The lowest BCUT2D eigenvalue weighted by Gasteiger charge is -2.25. The average Bonchev–Trinajstić information content (AvgIpc) is 3.32. The highest BCUT2D eigenvalue weighted by atomic mass is 16.2. The number of hydrogen-bond donors (Lipinski definition) is 0. The molecule has 1 aromatic heterocycles. The Labute approximate surface area is 156 Å². The SMILES string of the molecule is CCN(C[C@H]1CCN(Cc2ccccc2)C1)C(=O)CCCn1ccnc1. The Balaban J connectivity index is 1.40. The zero-order valence-electron chi connectivity index (χ0n) is 15.8. The van der Waals surface area contributed by atoms with Crippen LogP contribution in [0.5, 0.6) is 0 Å². The summed E-state index contributed by atoms with van der Waals surface area (Å²) in [5.74, 6) is 0.880. The summed E-state index contributed by atoms with van der Waals surface area (Å²) in [4.78, 5) is 21.1. The number of likely N-dealkylation sites (tertiary alicyclic amines) is 1. The summed E-state index contributed by atoms with van der Waals surface area (Å²) in [6.07, 6.45) is 8.21. The van der Waals surface area contributed by atoms with Gasteiger partial charge in [-0.25, -0.2) is 4.98 Å². The molecule has 3 rings (SSSR count). The van der Waals surface area contributed by atoms with Gasteiger partial charge in [0.2, 0.25) is 5.91 Å². The smallest absolute Gasteiger partial charge is 0.222 e. The van der Waals surface area contributed by atoms with E-state index in [-0.39, 0.29) is 5.91 Å². The van der Waals surface area contributed by atoms with Crippen molar-refractivity contribution >= 4 is 5.91 Å². The van der Waals surface area contributed by atoms with Crippen LogP contribution in [0, 0.1) is 5.92 Å². The van der Waals surface area contributed by atoms with Crippen LogP contribution in [0.2, 0.25) is 0 Å². The Hall–Kier alpha value is -2.14. The molecule has 2 aromatic rings. The molecule has 1 aliphatic rings. The van der Waals surface area contributed by atoms with Gasteiger partial charge in [0.1, 0.15) is 0 Å². The van der Waals surface area contributed by atoms with Crippen molar-refractivity contribution in [2.45, 2.75) is 39.3 Å². The van der Waals surface area contributed by atoms with E-state index in [0.717, 1.165) is 45.7 Å². The largest absolute Gasteiger partial charge is 0.343 e. The number of hydrogen-bond acceptors (Lipinski definition) is 3. The molecule has 5 heteroatoms. The van der Waals surface area contributed by atoms with Gasteiger partial charge in [-0.15, -0.1) is 0 Å². The molecule has 140 valence electrons. The van der Waals surface area contributed by atoms with Gasteiger partial charge in [0.15, 0.2) is 0 Å². The van der Waals surface area contributed by atoms with E-state index >= 15 is 0 Å². The summed E-state index contributed by atoms with van der Waals surface area (Å²) in [5, 5.41) is 0. The molecule has 1 atom stereocenters. The van der Waals surface area contributed by atoms with Crippen molar-refractivity contribution in [3.8, 4) is 0 Å². The summed E-state index contributed by atoms with van der Waals surface area (Å²) in [6, 6.07) is 10.6. The van der Waals surface area contributed by atoms with Gasteiger partial charge < -0.3 is 9.47 Å². The molecule has 0 saturated carbocycles. The first-order valence-corrected chi connectivity index (χ1v) is 9.74. The van der Waals surface area contributed by atoms with Crippen LogP contribution in [-0.2, 0) is 17.9 Å². The molecule has 5 nitrogen and oxygen atoms in total. The lowest BCUT2D eigenvalue weighted by Crippen LogP contribution is -2.36. The quantitative estimate of drug-likeness (QED) is 0.695. The first kappa shape index (κ1) is 18.6. The molecule has 1 fully saturated rings. The third-order valence-electron chi connectivity index (χ3n) is 5.20. The second kappa shape index (κ2) is 9.53. The fourth-order valence-electron chi connectivity index (χ4n) is 3.76. The van der Waals surface area contributed by atoms with Crippen LogP contribution >= 0.6 is 0 Å². The highest BCUT2D eigenvalue weighted by molar-refractivity contribution is 5.76. The van der Waals surface area contributed by atoms with Crippen molar-refractivity contribution in [1.82, 2.24) is 19.4 Å². The predicted octanol–water partition coefficient (Wildman–Crippen LogP) is 3.03. The lowest BCUT2D eigenvalue weighted by molar-refractivity contribution is -0.131. The number of carbonyl (C=O) groups is 1. The molecule has 0 spiro atoms. The molecule has 0 N–H and O–H groups in total. The topological polar surface area (TPSA) is 41.4 Å². The van der Waals surface area contributed by atoms with Crippen molar-refractivity contribution < 1.29 is 4.79 Å². The monoisotopic (exact) mass is 354 g/mol. The Morgan fingerprint density at radius 2 is 2.15 bits per heavy atom. The van der Waals surface area contributed by atoms with Crippen LogP contribution in [0.1, 0.15) is 31.7 Å². The number of rotatable bonds is 9. The molecule has 0 unspecified atom stereocenters. The summed E-state index contributed by atoms with van der Waals surface area (Å²) in [5.41, 5.74) is 1.37. The lowest BCUT2D eigenvalue weighted by atomic mass is 10.1. The van der Waals surface area contributed by atoms with Crippen LogP contribution in [-0.4, -0.2) is 51.4 Å². The summed E-state index contributed by atoms with van der Waals surface area (Å²) >= 11 is 0. The van der Waals surface area contributed by atoms with Gasteiger partial charge in [-0.2, -0.15) is 0 Å². The summed E-state index contributed by atoms with van der Waals surface area (Å²) in [7, 11) is 0. The van der Waals surface area contributed by atoms with E-state index in [2.05, 4.69) is 47.1 Å². The standard InChI is InChI=1S/C21H30N4O/c1-2-25(21(26)9-6-12-23-14-11-22-18-23)17-20-10-13-24(16-20)15-19-7-4-3-5-8-19/h3-5,7-8,11,14,18,20H,2,6,9-10,12-13,15-17H2,1H3/t20-/m0/s1. The maximum Gasteiger partial charge on any atom is 0.222 e. The Morgan fingerprint density at radius 1 is 1.31 bits per heavy atom. The maximum absolute atomic E-state index is 12.6. The van der Waals surface area contributed by atoms with Crippen LogP contribution in [0.3, 0.4) is 0 Å². The molecule has 1 amide bonds. The molecule has 1 saturated heterocycles. The highest BCUT2D eigenvalue weighted by Crippen LogP contribution is 2.20. The van der Waals surface area contributed by atoms with E-state index in [1.54, 1.807) is 6.20 Å². The fourth-order valence-corrected chi connectivity index (χ4v) is 3.76. The third kappa shape index (κ3) is 5.43. The van der Waals surface area contributed by atoms with Gasteiger partial charge in [0.25, 0.3) is 0 Å². The molecular formula is C21H30N4O. The number of carbonyl (C=O) groups excluding carboxylic acids is 1. The normalized spacial score (nSPS) is 17.5. The van der Waals surface area contributed by atoms with Gasteiger partial charge in [0, 0.05) is 51.5 Å². The Bertz CT molecular complexity index is 656. The third-order valence-corrected chi connectivity index (χ3v) is 5.20. The number of nitrogens with zero attached hydrogens (tertiary/aromatic N) is 4. The van der Waals surface area contributed by atoms with Crippen LogP contribution in [0.25, 0.3) is 0 Å². The zero-order chi connectivity index (χ0) is 18.2. The van der Waals surface area contributed by atoms with Crippen molar-refractivity contribution in [3.63, 3.8) is 0 Å². The first-order valence-electron chi connectivity index (χ1n) is 9.74. The van der Waals surface area contributed by atoms with Crippen LogP contribution in [0.15, 0.2) is 49.1 Å². The minimum Gasteiger partial charge on any atom is -0.343 e. The van der Waals surface area contributed by atoms with Gasteiger partial charge in [-0.1, -0.05) is 30.3 Å². The van der Waals surface area contributed by atoms with Gasteiger partial charge in [-0.05, 0) is 37.8 Å². The van der Waals surface area contributed by atoms with Crippen molar-refractivity contribution in [2.75, 3.05) is 26.2 Å². The van der Waals surface area contributed by atoms with E-state index in [1.165, 1.54) is 12.0 Å². The van der Waals surface area contributed by atoms with Gasteiger partial charge >= 0.3 is 0 Å². The summed E-state index contributed by atoms with van der Waals surface area (Å²) in [6.45, 7) is 7.88. The van der Waals surface area contributed by atoms with E-state index in [0.29, 0.717) is 12.3 Å². The van der Waals surface area contributed by atoms with Crippen LogP contribution < -0.4 is 0 Å². The van der Waals surface area contributed by atoms with E-state index in [9.17, 15) is 4.79 Å². The fraction of sp³-hybridized carbons (Fsp3) is 0.524. The molecular weight excluding hydrogens is 324 g/mol. The first-order chi connectivity index (χ1) is 12.7. The molecule has 1 aliphatic heterocycles. The molecule has 0 bridgehead atoms. The summed E-state index contributed by atoms with van der Waals surface area (Å²) < 4.78 is 2.03. The highest BCUT2D eigenvalue weighted by Gasteiger charge is 2.25. The average molecular weight is 354 g/mol. The molecule has 2 heterocycles. The molecule has 0 aliphatic carbocycles. The zero-order valence-corrected chi connectivity index (χ0v) is 15.8. The molecule has 0 radical (unpaired) electrons. The molecule has 26 heavy (non-hydrogen) atoms. The second-order valence-electron chi connectivity index (χ2n) is 7.21. The van der Waals surface area contributed by atoms with Crippen molar-refractivity contribution in [2.24, 2.45) is 5.92 Å². The van der Waals surface area contributed by atoms with Crippen LogP contribution in [0.4, 0.5) is 0 Å². The van der Waals surface area contributed by atoms with E-state index < -0.39 is 0 Å². The van der Waals surface area contributed by atoms with E-state index in [1.807, 2.05) is 22.0 Å². The number of amides is 1. The molecule has 1 aromatic carbocycles. The Morgan fingerprint density at radius 3 is 2.88 bits per heavy atom. The van der Waals surface area contributed by atoms with Crippen molar-refractivity contribution in [1.29, 1.82) is 0 Å². The Kier molecular flexibility index (Phi) is 6.83. The minimum atomic E-state index is 0.286. The van der Waals surface area contributed by atoms with Crippen molar-refractivity contribution in [3.05, 3.63) is 54.6 Å².